The number of hydrogen-bond donors (Lipinski definition) is 1. The van der Waals surface area contributed by atoms with Crippen LogP contribution in [0.5, 0.6) is 0 Å². The van der Waals surface area contributed by atoms with E-state index in [1.165, 1.54) is 35.4 Å². The van der Waals surface area contributed by atoms with E-state index in [-0.39, 0.29) is 0 Å². The van der Waals surface area contributed by atoms with Crippen LogP contribution in [-0.2, 0) is 19.3 Å². The molecule has 1 aliphatic heterocycles. The Morgan fingerprint density at radius 1 is 1.26 bits per heavy atom. The number of nitrogens with two attached hydrogens (primary N) is 1. The SMILES string of the molecule is Cc1nc(N2CCC(Cc3ccc(N)nc3)C2)nc2c1CCC2. The van der Waals surface area contributed by atoms with Crippen molar-refractivity contribution in [2.45, 2.75) is 39.0 Å². The number of hydrogen-bond acceptors (Lipinski definition) is 5. The van der Waals surface area contributed by atoms with E-state index in [1.54, 1.807) is 0 Å². The highest BCUT2D eigenvalue weighted by Gasteiger charge is 2.26. The lowest BCUT2D eigenvalue weighted by molar-refractivity contribution is 0.584. The standard InChI is InChI=1S/C18H23N5/c1-12-15-3-2-4-16(15)22-18(21-12)23-8-7-14(11-23)9-13-5-6-17(19)20-10-13/h5-6,10,14H,2-4,7-9,11H2,1H3,(H2,19,20). The van der Waals surface area contributed by atoms with Crippen LogP contribution in [0.1, 0.15) is 35.4 Å². The molecule has 1 aliphatic carbocycles. The molecule has 0 amide bonds. The Morgan fingerprint density at radius 2 is 2.17 bits per heavy atom. The normalized spacial score (nSPS) is 20.0. The van der Waals surface area contributed by atoms with E-state index in [4.69, 9.17) is 15.7 Å². The van der Waals surface area contributed by atoms with Crippen LogP contribution in [0.4, 0.5) is 11.8 Å². The highest BCUT2D eigenvalue weighted by Crippen LogP contribution is 2.28. The van der Waals surface area contributed by atoms with Crippen LogP contribution in [0.25, 0.3) is 0 Å². The summed E-state index contributed by atoms with van der Waals surface area (Å²) in [4.78, 5) is 16.1. The molecule has 4 rings (SSSR count). The molecule has 0 radical (unpaired) electrons. The highest BCUT2D eigenvalue weighted by molar-refractivity contribution is 5.40. The van der Waals surface area contributed by atoms with Gasteiger partial charge in [0.15, 0.2) is 0 Å². The van der Waals surface area contributed by atoms with Crippen molar-refractivity contribution in [1.29, 1.82) is 0 Å². The molecule has 1 saturated heterocycles. The zero-order valence-corrected chi connectivity index (χ0v) is 13.6. The lowest BCUT2D eigenvalue weighted by atomic mass is 10.00. The molecule has 0 spiro atoms. The van der Waals surface area contributed by atoms with Crippen LogP contribution >= 0.6 is 0 Å². The first-order chi connectivity index (χ1) is 11.2. The monoisotopic (exact) mass is 309 g/mol. The van der Waals surface area contributed by atoms with Gasteiger partial charge in [-0.1, -0.05) is 6.07 Å². The van der Waals surface area contributed by atoms with Crippen molar-refractivity contribution < 1.29 is 0 Å². The summed E-state index contributed by atoms with van der Waals surface area (Å²) in [6, 6.07) is 3.97. The minimum Gasteiger partial charge on any atom is -0.384 e. The summed E-state index contributed by atoms with van der Waals surface area (Å²) < 4.78 is 0. The number of rotatable bonds is 3. The Morgan fingerprint density at radius 3 is 3.00 bits per heavy atom. The maximum absolute atomic E-state index is 5.66. The molecular weight excluding hydrogens is 286 g/mol. The van der Waals surface area contributed by atoms with Crippen molar-refractivity contribution in [3.63, 3.8) is 0 Å². The van der Waals surface area contributed by atoms with Crippen LogP contribution in [0.15, 0.2) is 18.3 Å². The summed E-state index contributed by atoms with van der Waals surface area (Å²) in [7, 11) is 0. The lowest BCUT2D eigenvalue weighted by Crippen LogP contribution is -2.23. The van der Waals surface area contributed by atoms with Gasteiger partial charge in [0.1, 0.15) is 5.82 Å². The van der Waals surface area contributed by atoms with Gasteiger partial charge in [-0.15, -0.1) is 0 Å². The van der Waals surface area contributed by atoms with E-state index >= 15 is 0 Å². The van der Waals surface area contributed by atoms with Crippen LogP contribution < -0.4 is 10.6 Å². The number of anilines is 2. The van der Waals surface area contributed by atoms with Gasteiger partial charge < -0.3 is 10.6 Å². The average Bonchev–Trinajstić information content (AvgIpc) is 3.18. The van der Waals surface area contributed by atoms with Gasteiger partial charge >= 0.3 is 0 Å². The fraction of sp³-hybridized carbons (Fsp3) is 0.500. The van der Waals surface area contributed by atoms with Crippen LogP contribution in [0, 0.1) is 12.8 Å². The molecule has 1 unspecified atom stereocenters. The van der Waals surface area contributed by atoms with Gasteiger partial charge in [-0.25, -0.2) is 15.0 Å². The summed E-state index contributed by atoms with van der Waals surface area (Å²) in [6.45, 7) is 4.21. The van der Waals surface area contributed by atoms with E-state index in [9.17, 15) is 0 Å². The topological polar surface area (TPSA) is 67.9 Å². The third-order valence-corrected chi connectivity index (χ3v) is 5.07. The molecule has 1 atom stereocenters. The van der Waals surface area contributed by atoms with Crippen molar-refractivity contribution in [3.8, 4) is 0 Å². The number of aryl methyl sites for hydroxylation is 2. The summed E-state index contributed by atoms with van der Waals surface area (Å²) in [6.07, 6.45) is 7.61. The van der Waals surface area contributed by atoms with Crippen LogP contribution in [0.3, 0.4) is 0 Å². The molecule has 2 aliphatic rings. The summed E-state index contributed by atoms with van der Waals surface area (Å²) >= 11 is 0. The Labute approximate surface area is 137 Å². The number of aromatic nitrogens is 3. The number of nitrogen functional groups attached to an aromatic ring is 1. The molecule has 2 aromatic heterocycles. The molecule has 3 heterocycles. The zero-order valence-electron chi connectivity index (χ0n) is 13.6. The van der Waals surface area contributed by atoms with Crippen molar-refractivity contribution >= 4 is 11.8 Å². The van der Waals surface area contributed by atoms with Gasteiger partial charge in [-0.2, -0.15) is 0 Å². The van der Waals surface area contributed by atoms with Crippen molar-refractivity contribution in [1.82, 2.24) is 15.0 Å². The van der Waals surface area contributed by atoms with E-state index in [0.717, 1.165) is 38.3 Å². The first kappa shape index (κ1) is 14.4. The highest BCUT2D eigenvalue weighted by atomic mass is 15.3. The summed E-state index contributed by atoms with van der Waals surface area (Å²) in [5, 5.41) is 0. The lowest BCUT2D eigenvalue weighted by Gasteiger charge is -2.18. The molecule has 1 fully saturated rings. The summed E-state index contributed by atoms with van der Waals surface area (Å²) in [5.41, 5.74) is 10.8. The van der Waals surface area contributed by atoms with E-state index in [2.05, 4.69) is 22.9 Å². The summed E-state index contributed by atoms with van der Waals surface area (Å²) in [5.74, 6) is 2.16. The van der Waals surface area contributed by atoms with Gasteiger partial charge in [-0.3, -0.25) is 0 Å². The quantitative estimate of drug-likeness (QED) is 0.942. The van der Waals surface area contributed by atoms with E-state index < -0.39 is 0 Å². The van der Waals surface area contributed by atoms with Crippen molar-refractivity contribution in [2.75, 3.05) is 23.7 Å². The Hall–Kier alpha value is -2.17. The molecular formula is C18H23N5. The molecule has 0 saturated carbocycles. The van der Waals surface area contributed by atoms with Gasteiger partial charge in [0.25, 0.3) is 0 Å². The molecule has 0 aromatic carbocycles. The van der Waals surface area contributed by atoms with Crippen LogP contribution in [-0.4, -0.2) is 28.0 Å². The minimum absolute atomic E-state index is 0.587. The second-order valence-electron chi connectivity index (χ2n) is 6.78. The number of fused-ring (bicyclic) bond motifs is 1. The number of nitrogens with zero attached hydrogens (tertiary/aromatic N) is 4. The Balaban J connectivity index is 1.46. The predicted octanol–water partition coefficient (Wildman–Crippen LogP) is 2.32. The van der Waals surface area contributed by atoms with Crippen molar-refractivity contribution in [2.24, 2.45) is 5.92 Å². The molecule has 2 N–H and O–H groups in total. The molecule has 120 valence electrons. The van der Waals surface area contributed by atoms with Gasteiger partial charge in [-0.05, 0) is 62.1 Å². The molecule has 5 nitrogen and oxygen atoms in total. The smallest absolute Gasteiger partial charge is 0.225 e. The number of pyridine rings is 1. The maximum atomic E-state index is 5.66. The predicted molar refractivity (Wildman–Crippen MR) is 91.5 cm³/mol. The van der Waals surface area contributed by atoms with Gasteiger partial charge in [0, 0.05) is 30.7 Å². The Bertz CT molecular complexity index is 710. The maximum Gasteiger partial charge on any atom is 0.225 e. The molecule has 23 heavy (non-hydrogen) atoms. The molecule has 2 aromatic rings. The largest absolute Gasteiger partial charge is 0.384 e. The molecule has 5 heteroatoms. The van der Waals surface area contributed by atoms with Gasteiger partial charge in [0.2, 0.25) is 5.95 Å². The van der Waals surface area contributed by atoms with Gasteiger partial charge in [0.05, 0.1) is 0 Å². The fourth-order valence-electron chi connectivity index (χ4n) is 3.82. The third-order valence-electron chi connectivity index (χ3n) is 5.07. The molecule has 0 bridgehead atoms. The average molecular weight is 309 g/mol. The zero-order chi connectivity index (χ0) is 15.8. The minimum atomic E-state index is 0.587. The third kappa shape index (κ3) is 2.87. The van der Waals surface area contributed by atoms with E-state index in [0.29, 0.717) is 11.7 Å². The second-order valence-corrected chi connectivity index (χ2v) is 6.78. The fourth-order valence-corrected chi connectivity index (χ4v) is 3.82. The second kappa shape index (κ2) is 5.80. The first-order valence-electron chi connectivity index (χ1n) is 8.51. The van der Waals surface area contributed by atoms with E-state index in [1.807, 2.05) is 12.3 Å². The van der Waals surface area contributed by atoms with Crippen LogP contribution in [0.2, 0.25) is 0 Å². The first-order valence-corrected chi connectivity index (χ1v) is 8.51. The van der Waals surface area contributed by atoms with Crippen molar-refractivity contribution in [3.05, 3.63) is 40.8 Å². The Kier molecular flexibility index (Phi) is 3.63.